The first-order valence-electron chi connectivity index (χ1n) is 7.26. The van der Waals surface area contributed by atoms with E-state index >= 15 is 0 Å². The van der Waals surface area contributed by atoms with Crippen molar-refractivity contribution in [2.24, 2.45) is 11.7 Å². The van der Waals surface area contributed by atoms with Crippen LogP contribution in [0, 0.1) is 16.4 Å². The molecule has 1 saturated heterocycles. The average molecular weight is 371 g/mol. The number of ether oxygens (including phenoxy) is 1. The first-order valence-corrected chi connectivity index (χ1v) is 8.34. The second-order valence-electron chi connectivity index (χ2n) is 6.14. The molecule has 0 bridgehead atoms. The predicted octanol–water partition coefficient (Wildman–Crippen LogP) is 3.95. The first-order chi connectivity index (χ1) is 9.11. The van der Waals surface area contributed by atoms with Gasteiger partial charge in [-0.2, -0.15) is 0 Å². The Kier molecular flexibility index (Phi) is 3.89. The van der Waals surface area contributed by atoms with Gasteiger partial charge in [0.2, 0.25) is 0 Å². The van der Waals surface area contributed by atoms with Crippen LogP contribution in [-0.2, 0) is 4.74 Å². The van der Waals surface area contributed by atoms with Gasteiger partial charge in [0, 0.05) is 16.2 Å². The summed E-state index contributed by atoms with van der Waals surface area (Å²) < 4.78 is 7.35. The highest BCUT2D eigenvalue weighted by Gasteiger charge is 2.44. The van der Waals surface area contributed by atoms with Crippen molar-refractivity contribution >= 4 is 22.6 Å². The van der Waals surface area contributed by atoms with Crippen molar-refractivity contribution < 1.29 is 4.74 Å². The Hall–Kier alpha value is -0.130. The lowest BCUT2D eigenvalue weighted by Gasteiger charge is -2.48. The maximum atomic E-state index is 6.58. The molecule has 1 saturated carbocycles. The third-order valence-corrected chi connectivity index (χ3v) is 6.36. The lowest BCUT2D eigenvalue weighted by atomic mass is 9.70. The zero-order valence-electron chi connectivity index (χ0n) is 11.5. The van der Waals surface area contributed by atoms with E-state index in [1.165, 1.54) is 34.0 Å². The molecule has 2 nitrogen and oxygen atoms in total. The summed E-state index contributed by atoms with van der Waals surface area (Å²) in [4.78, 5) is 0. The van der Waals surface area contributed by atoms with Crippen LogP contribution in [0.4, 0.5) is 0 Å². The maximum absolute atomic E-state index is 6.58. The van der Waals surface area contributed by atoms with Crippen LogP contribution in [0.3, 0.4) is 0 Å². The molecule has 3 rings (SSSR count). The third-order valence-electron chi connectivity index (χ3n) is 4.88. The van der Waals surface area contributed by atoms with Gasteiger partial charge in [0.1, 0.15) is 0 Å². The topological polar surface area (TPSA) is 35.2 Å². The van der Waals surface area contributed by atoms with E-state index in [1.54, 1.807) is 0 Å². The van der Waals surface area contributed by atoms with Gasteiger partial charge in [0.05, 0.1) is 5.60 Å². The molecule has 2 atom stereocenters. The lowest BCUT2D eigenvalue weighted by Crippen LogP contribution is -2.47. The van der Waals surface area contributed by atoms with Gasteiger partial charge < -0.3 is 10.5 Å². The van der Waals surface area contributed by atoms with Gasteiger partial charge in [0.25, 0.3) is 0 Å². The van der Waals surface area contributed by atoms with Crippen molar-refractivity contribution in [3.8, 4) is 0 Å². The van der Waals surface area contributed by atoms with Crippen LogP contribution in [0.2, 0.25) is 0 Å². The quantitative estimate of drug-likeness (QED) is 0.799. The molecule has 2 aliphatic rings. The molecule has 0 radical (unpaired) electrons. The van der Waals surface area contributed by atoms with E-state index in [0.717, 1.165) is 19.4 Å². The standard InChI is InChI=1S/C16H22INO/c1-11-4-2-5-13(14(11)17)15(18)12-6-9-19-16(10-12)7-3-8-16/h2,4-5,12,15H,3,6-10,18H2,1H3. The predicted molar refractivity (Wildman–Crippen MR) is 86.1 cm³/mol. The smallest absolute Gasteiger partial charge is 0.0686 e. The second kappa shape index (κ2) is 5.34. The summed E-state index contributed by atoms with van der Waals surface area (Å²) in [6, 6.07) is 6.65. The minimum absolute atomic E-state index is 0.160. The van der Waals surface area contributed by atoms with Gasteiger partial charge in [-0.15, -0.1) is 0 Å². The summed E-state index contributed by atoms with van der Waals surface area (Å²) in [5.74, 6) is 0.573. The maximum Gasteiger partial charge on any atom is 0.0686 e. The Morgan fingerprint density at radius 1 is 1.42 bits per heavy atom. The number of rotatable bonds is 2. The minimum atomic E-state index is 0.160. The summed E-state index contributed by atoms with van der Waals surface area (Å²) in [5.41, 5.74) is 9.42. The fraction of sp³-hybridized carbons (Fsp3) is 0.625. The fourth-order valence-corrected chi connectivity index (χ4v) is 4.19. The molecule has 2 fully saturated rings. The van der Waals surface area contributed by atoms with E-state index in [2.05, 4.69) is 47.7 Å². The van der Waals surface area contributed by atoms with Crippen molar-refractivity contribution in [1.82, 2.24) is 0 Å². The molecule has 1 aromatic carbocycles. The normalized spacial score (nSPS) is 27.0. The highest BCUT2D eigenvalue weighted by molar-refractivity contribution is 14.1. The van der Waals surface area contributed by atoms with Crippen molar-refractivity contribution in [3.63, 3.8) is 0 Å². The van der Waals surface area contributed by atoms with Crippen LogP contribution in [0.5, 0.6) is 0 Å². The summed E-state index contributed by atoms with van der Waals surface area (Å²) >= 11 is 2.44. The number of halogens is 1. The van der Waals surface area contributed by atoms with Gasteiger partial charge in [0.15, 0.2) is 0 Å². The van der Waals surface area contributed by atoms with Crippen molar-refractivity contribution in [3.05, 3.63) is 32.9 Å². The number of aryl methyl sites for hydroxylation is 1. The highest BCUT2D eigenvalue weighted by Crippen LogP contribution is 2.47. The Morgan fingerprint density at radius 2 is 2.21 bits per heavy atom. The fourth-order valence-electron chi connectivity index (χ4n) is 3.47. The van der Waals surface area contributed by atoms with Gasteiger partial charge in [-0.05, 0) is 78.7 Å². The van der Waals surface area contributed by atoms with Gasteiger partial charge in [-0.25, -0.2) is 0 Å². The molecule has 0 aromatic heterocycles. The van der Waals surface area contributed by atoms with Crippen LogP contribution >= 0.6 is 22.6 Å². The molecule has 2 N–H and O–H groups in total. The molecule has 1 aromatic rings. The lowest BCUT2D eigenvalue weighted by molar-refractivity contribution is -0.146. The number of hydrogen-bond donors (Lipinski definition) is 1. The van der Waals surface area contributed by atoms with Gasteiger partial charge >= 0.3 is 0 Å². The van der Waals surface area contributed by atoms with E-state index in [4.69, 9.17) is 10.5 Å². The van der Waals surface area contributed by atoms with Crippen LogP contribution in [0.25, 0.3) is 0 Å². The summed E-state index contributed by atoms with van der Waals surface area (Å²) in [7, 11) is 0. The minimum Gasteiger partial charge on any atom is -0.375 e. The molecule has 1 spiro atoms. The Morgan fingerprint density at radius 3 is 2.89 bits per heavy atom. The molecule has 1 aliphatic carbocycles. The molecule has 19 heavy (non-hydrogen) atoms. The van der Waals surface area contributed by atoms with Crippen LogP contribution in [0.15, 0.2) is 18.2 Å². The van der Waals surface area contributed by atoms with E-state index in [9.17, 15) is 0 Å². The largest absolute Gasteiger partial charge is 0.375 e. The molecular formula is C16H22INO. The summed E-state index contributed by atoms with van der Waals surface area (Å²) in [5, 5.41) is 0. The van der Waals surface area contributed by atoms with Gasteiger partial charge in [-0.3, -0.25) is 0 Å². The number of hydrogen-bond acceptors (Lipinski definition) is 2. The van der Waals surface area contributed by atoms with Crippen molar-refractivity contribution in [2.45, 2.75) is 50.7 Å². The Bertz CT molecular complexity index is 470. The zero-order chi connectivity index (χ0) is 13.5. The molecule has 1 aliphatic heterocycles. The van der Waals surface area contributed by atoms with Crippen molar-refractivity contribution in [2.75, 3.05) is 6.61 Å². The zero-order valence-corrected chi connectivity index (χ0v) is 13.7. The van der Waals surface area contributed by atoms with Crippen molar-refractivity contribution in [1.29, 1.82) is 0 Å². The van der Waals surface area contributed by atoms with E-state index in [-0.39, 0.29) is 11.6 Å². The van der Waals surface area contributed by atoms with Crippen LogP contribution in [-0.4, -0.2) is 12.2 Å². The van der Waals surface area contributed by atoms with E-state index < -0.39 is 0 Å². The monoisotopic (exact) mass is 371 g/mol. The van der Waals surface area contributed by atoms with Crippen LogP contribution in [0.1, 0.15) is 49.3 Å². The number of benzene rings is 1. The van der Waals surface area contributed by atoms with Gasteiger partial charge in [-0.1, -0.05) is 18.2 Å². The SMILES string of the molecule is Cc1cccc(C(N)C2CCOC3(CCC3)C2)c1I. The van der Waals surface area contributed by atoms with E-state index in [1.807, 2.05) is 0 Å². The summed E-state index contributed by atoms with van der Waals surface area (Å²) in [6.07, 6.45) is 6.05. The third kappa shape index (κ3) is 2.57. The first kappa shape index (κ1) is 13.8. The molecule has 0 amide bonds. The van der Waals surface area contributed by atoms with Crippen LogP contribution < -0.4 is 5.73 Å². The number of nitrogens with two attached hydrogens (primary N) is 1. The Balaban J connectivity index is 1.79. The second-order valence-corrected chi connectivity index (χ2v) is 7.22. The molecular weight excluding hydrogens is 349 g/mol. The highest BCUT2D eigenvalue weighted by atomic mass is 127. The van der Waals surface area contributed by atoms with E-state index in [0.29, 0.717) is 5.92 Å². The molecule has 2 unspecified atom stereocenters. The molecule has 104 valence electrons. The summed E-state index contributed by atoms with van der Waals surface area (Å²) in [6.45, 7) is 3.05. The average Bonchev–Trinajstić information content (AvgIpc) is 2.39. The molecule has 1 heterocycles. The Labute approximate surface area is 129 Å². The molecule has 3 heteroatoms.